The number of hydrogen-bond acceptors (Lipinski definition) is 6. The van der Waals surface area contributed by atoms with Crippen molar-refractivity contribution in [2.45, 2.75) is 19.3 Å². The molecule has 0 atom stereocenters. The highest BCUT2D eigenvalue weighted by Crippen LogP contribution is 2.48. The molecule has 2 rings (SSSR count). The van der Waals surface area contributed by atoms with E-state index in [1.807, 2.05) is 0 Å². The minimum atomic E-state index is 0.264. The third-order valence-electron chi connectivity index (χ3n) is 2.66. The standard InChI is InChI=1S/C8H14N4OS/c9-6-11-7(14-12-6)10-5-8(1-2-8)3-4-13/h13H,1-5H2,(H3,9,10,11,12). The Morgan fingerprint density at radius 2 is 2.36 bits per heavy atom. The fraction of sp³-hybridized carbons (Fsp3) is 0.750. The zero-order valence-electron chi connectivity index (χ0n) is 7.86. The lowest BCUT2D eigenvalue weighted by atomic mass is 10.0. The smallest absolute Gasteiger partial charge is 0.233 e. The molecule has 0 unspecified atom stereocenters. The molecule has 6 heteroatoms. The molecule has 1 saturated carbocycles. The van der Waals surface area contributed by atoms with Gasteiger partial charge in [-0.3, -0.25) is 0 Å². The first kappa shape index (κ1) is 9.67. The number of aliphatic hydroxyl groups is 1. The van der Waals surface area contributed by atoms with Gasteiger partial charge < -0.3 is 16.2 Å². The van der Waals surface area contributed by atoms with E-state index in [0.717, 1.165) is 18.1 Å². The summed E-state index contributed by atoms with van der Waals surface area (Å²) in [6, 6.07) is 0. The maximum atomic E-state index is 8.87. The lowest BCUT2D eigenvalue weighted by Crippen LogP contribution is -2.16. The third-order valence-corrected chi connectivity index (χ3v) is 3.34. The Bertz CT molecular complexity index is 310. The SMILES string of the molecule is Nc1nsc(NCC2(CCO)CC2)n1. The monoisotopic (exact) mass is 214 g/mol. The highest BCUT2D eigenvalue weighted by atomic mass is 32.1. The number of anilines is 2. The van der Waals surface area contributed by atoms with Crippen molar-refractivity contribution in [1.29, 1.82) is 0 Å². The van der Waals surface area contributed by atoms with Crippen molar-refractivity contribution in [3.8, 4) is 0 Å². The highest BCUT2D eigenvalue weighted by Gasteiger charge is 2.41. The summed E-state index contributed by atoms with van der Waals surface area (Å²) in [6.45, 7) is 1.13. The molecule has 1 fully saturated rings. The van der Waals surface area contributed by atoms with Crippen LogP contribution in [0.2, 0.25) is 0 Å². The van der Waals surface area contributed by atoms with Gasteiger partial charge in [0.1, 0.15) is 0 Å². The topological polar surface area (TPSA) is 84.1 Å². The predicted octanol–water partition coefficient (Wildman–Crippen LogP) is 0.695. The van der Waals surface area contributed by atoms with Gasteiger partial charge in [-0.15, -0.1) is 0 Å². The molecule has 1 aromatic rings. The maximum absolute atomic E-state index is 8.87. The van der Waals surface area contributed by atoms with Crippen molar-refractivity contribution in [3.05, 3.63) is 0 Å². The zero-order valence-corrected chi connectivity index (χ0v) is 8.68. The number of aromatic nitrogens is 2. The van der Waals surface area contributed by atoms with Gasteiger partial charge in [-0.1, -0.05) is 0 Å². The minimum absolute atomic E-state index is 0.264. The van der Waals surface area contributed by atoms with E-state index in [-0.39, 0.29) is 6.61 Å². The number of aliphatic hydroxyl groups excluding tert-OH is 1. The zero-order chi connectivity index (χ0) is 10.0. The van der Waals surface area contributed by atoms with Gasteiger partial charge in [0.05, 0.1) is 0 Å². The molecule has 5 nitrogen and oxygen atoms in total. The van der Waals surface area contributed by atoms with E-state index in [1.165, 1.54) is 24.4 Å². The summed E-state index contributed by atoms with van der Waals surface area (Å²) in [7, 11) is 0. The number of nitrogens with zero attached hydrogens (tertiary/aromatic N) is 2. The second-order valence-electron chi connectivity index (χ2n) is 3.78. The van der Waals surface area contributed by atoms with Gasteiger partial charge in [-0.25, -0.2) is 0 Å². The van der Waals surface area contributed by atoms with Crippen LogP contribution in [0, 0.1) is 5.41 Å². The van der Waals surface area contributed by atoms with Crippen LogP contribution in [0.1, 0.15) is 19.3 Å². The molecule has 0 aliphatic heterocycles. The van der Waals surface area contributed by atoms with Crippen LogP contribution in [-0.2, 0) is 0 Å². The van der Waals surface area contributed by atoms with Crippen LogP contribution in [0.3, 0.4) is 0 Å². The van der Waals surface area contributed by atoms with Gasteiger partial charge in [0.2, 0.25) is 11.1 Å². The van der Waals surface area contributed by atoms with Crippen LogP contribution in [0.15, 0.2) is 0 Å². The van der Waals surface area contributed by atoms with Crippen LogP contribution in [0.25, 0.3) is 0 Å². The van der Waals surface area contributed by atoms with Crippen molar-refractivity contribution in [1.82, 2.24) is 9.36 Å². The molecule has 1 heterocycles. The summed E-state index contributed by atoms with van der Waals surface area (Å²) in [5, 5.41) is 12.8. The van der Waals surface area contributed by atoms with Crippen LogP contribution >= 0.6 is 11.5 Å². The van der Waals surface area contributed by atoms with E-state index in [9.17, 15) is 0 Å². The Morgan fingerprint density at radius 1 is 1.57 bits per heavy atom. The second kappa shape index (κ2) is 3.70. The highest BCUT2D eigenvalue weighted by molar-refractivity contribution is 7.09. The van der Waals surface area contributed by atoms with Gasteiger partial charge in [0.25, 0.3) is 0 Å². The summed E-state index contributed by atoms with van der Waals surface area (Å²) < 4.78 is 3.88. The summed E-state index contributed by atoms with van der Waals surface area (Å²) in [6.07, 6.45) is 3.25. The van der Waals surface area contributed by atoms with Gasteiger partial charge in [0.15, 0.2) is 0 Å². The van der Waals surface area contributed by atoms with Crippen molar-refractivity contribution in [2.75, 3.05) is 24.2 Å². The van der Waals surface area contributed by atoms with Gasteiger partial charge in [-0.2, -0.15) is 9.36 Å². The summed E-state index contributed by atoms with van der Waals surface area (Å²) in [4.78, 5) is 4.01. The quantitative estimate of drug-likeness (QED) is 0.671. The number of nitrogens with two attached hydrogens (primary N) is 1. The number of nitrogen functional groups attached to an aromatic ring is 1. The predicted molar refractivity (Wildman–Crippen MR) is 56.2 cm³/mol. The second-order valence-corrected chi connectivity index (χ2v) is 4.54. The molecule has 0 spiro atoms. The van der Waals surface area contributed by atoms with Crippen molar-refractivity contribution < 1.29 is 5.11 Å². The fourth-order valence-electron chi connectivity index (χ4n) is 1.50. The normalized spacial score (nSPS) is 18.1. The van der Waals surface area contributed by atoms with Crippen molar-refractivity contribution in [2.24, 2.45) is 5.41 Å². The Morgan fingerprint density at radius 3 is 2.86 bits per heavy atom. The largest absolute Gasteiger partial charge is 0.396 e. The van der Waals surface area contributed by atoms with Gasteiger partial charge >= 0.3 is 0 Å². The Kier molecular flexibility index (Phi) is 2.56. The molecule has 0 bridgehead atoms. The van der Waals surface area contributed by atoms with Crippen molar-refractivity contribution >= 4 is 22.6 Å². The fourth-order valence-corrected chi connectivity index (χ4v) is 1.99. The molecule has 0 radical (unpaired) electrons. The lowest BCUT2D eigenvalue weighted by Gasteiger charge is -2.13. The number of rotatable bonds is 5. The first-order valence-corrected chi connectivity index (χ1v) is 5.45. The first-order chi connectivity index (χ1) is 6.74. The molecule has 14 heavy (non-hydrogen) atoms. The Hall–Kier alpha value is -0.880. The Labute approximate surface area is 86.5 Å². The lowest BCUT2D eigenvalue weighted by molar-refractivity contribution is 0.253. The van der Waals surface area contributed by atoms with E-state index in [2.05, 4.69) is 14.7 Å². The molecule has 78 valence electrons. The molecular formula is C8H14N4OS. The average molecular weight is 214 g/mol. The van der Waals surface area contributed by atoms with Gasteiger partial charge in [0, 0.05) is 24.7 Å². The molecule has 1 aliphatic carbocycles. The molecular weight excluding hydrogens is 200 g/mol. The molecule has 1 aromatic heterocycles. The molecule has 1 aliphatic rings. The summed E-state index contributed by atoms with van der Waals surface area (Å²) in [5.74, 6) is 0.324. The summed E-state index contributed by atoms with van der Waals surface area (Å²) >= 11 is 1.28. The van der Waals surface area contributed by atoms with E-state index < -0.39 is 0 Å². The third kappa shape index (κ3) is 2.13. The molecule has 0 amide bonds. The van der Waals surface area contributed by atoms with E-state index >= 15 is 0 Å². The molecule has 0 aromatic carbocycles. The van der Waals surface area contributed by atoms with Crippen LogP contribution in [0.5, 0.6) is 0 Å². The number of hydrogen-bond donors (Lipinski definition) is 3. The van der Waals surface area contributed by atoms with E-state index in [0.29, 0.717) is 11.4 Å². The maximum Gasteiger partial charge on any atom is 0.233 e. The molecule has 0 saturated heterocycles. The first-order valence-electron chi connectivity index (χ1n) is 4.68. The van der Waals surface area contributed by atoms with Crippen LogP contribution in [0.4, 0.5) is 11.1 Å². The molecule has 4 N–H and O–H groups in total. The average Bonchev–Trinajstić information content (AvgIpc) is 2.80. The van der Waals surface area contributed by atoms with Gasteiger partial charge in [-0.05, 0) is 24.7 Å². The summed E-state index contributed by atoms with van der Waals surface area (Å²) in [5.41, 5.74) is 5.70. The van der Waals surface area contributed by atoms with Crippen molar-refractivity contribution in [3.63, 3.8) is 0 Å². The minimum Gasteiger partial charge on any atom is -0.396 e. The van der Waals surface area contributed by atoms with Crippen LogP contribution < -0.4 is 11.1 Å². The van der Waals surface area contributed by atoms with Crippen LogP contribution in [-0.4, -0.2) is 27.6 Å². The number of nitrogens with one attached hydrogen (secondary N) is 1. The van der Waals surface area contributed by atoms with E-state index in [4.69, 9.17) is 10.8 Å². The van der Waals surface area contributed by atoms with E-state index in [1.54, 1.807) is 0 Å². The Balaban J connectivity index is 1.82.